The largest absolute Gasteiger partial charge is 0.476 e. The Labute approximate surface area is 82.5 Å². The van der Waals surface area contributed by atoms with Gasteiger partial charge >= 0.3 is 5.97 Å². The van der Waals surface area contributed by atoms with Gasteiger partial charge in [-0.1, -0.05) is 11.6 Å². The zero-order valence-electron chi connectivity index (χ0n) is 6.14. The van der Waals surface area contributed by atoms with Gasteiger partial charge in [-0.05, 0) is 28.4 Å². The number of aromatic nitrogens is 1. The third-order valence-corrected chi connectivity index (χ3v) is 2.82. The average molecular weight is 250 g/mol. The normalized spacial score (nSPS) is 9.92. The SMILES string of the molecule is Cc1cnc(C(=O)O)c(Br)c1Cl. The Morgan fingerprint density at radius 2 is 2.33 bits per heavy atom. The molecule has 0 saturated carbocycles. The lowest BCUT2D eigenvalue weighted by atomic mass is 10.3. The highest BCUT2D eigenvalue weighted by Crippen LogP contribution is 2.27. The Morgan fingerprint density at radius 3 is 2.83 bits per heavy atom. The van der Waals surface area contributed by atoms with E-state index in [9.17, 15) is 4.79 Å². The number of aryl methyl sites for hydroxylation is 1. The number of nitrogens with zero attached hydrogens (tertiary/aromatic N) is 1. The third kappa shape index (κ3) is 1.59. The molecule has 64 valence electrons. The first-order valence-corrected chi connectivity index (χ1v) is 4.25. The number of hydrogen-bond donors (Lipinski definition) is 1. The van der Waals surface area contributed by atoms with Crippen molar-refractivity contribution < 1.29 is 9.90 Å². The van der Waals surface area contributed by atoms with Gasteiger partial charge < -0.3 is 5.11 Å². The molecule has 0 fully saturated rings. The van der Waals surface area contributed by atoms with Crippen molar-refractivity contribution in [3.8, 4) is 0 Å². The Morgan fingerprint density at radius 1 is 1.75 bits per heavy atom. The van der Waals surface area contributed by atoms with Gasteiger partial charge in [0.05, 0.1) is 9.50 Å². The van der Waals surface area contributed by atoms with E-state index >= 15 is 0 Å². The van der Waals surface area contributed by atoms with Crippen LogP contribution in [0.5, 0.6) is 0 Å². The topological polar surface area (TPSA) is 50.2 Å². The van der Waals surface area contributed by atoms with Crippen LogP contribution in [0.1, 0.15) is 16.1 Å². The predicted molar refractivity (Wildman–Crippen MR) is 48.6 cm³/mol. The molecule has 0 unspecified atom stereocenters. The van der Waals surface area contributed by atoms with E-state index < -0.39 is 5.97 Å². The van der Waals surface area contributed by atoms with Crippen molar-refractivity contribution in [1.29, 1.82) is 0 Å². The Kier molecular flexibility index (Phi) is 2.69. The van der Waals surface area contributed by atoms with Crippen molar-refractivity contribution in [2.75, 3.05) is 0 Å². The molecule has 1 aromatic heterocycles. The molecule has 5 heteroatoms. The van der Waals surface area contributed by atoms with Crippen LogP contribution in [-0.4, -0.2) is 16.1 Å². The van der Waals surface area contributed by atoms with Crippen molar-refractivity contribution in [3.63, 3.8) is 0 Å². The molecule has 0 aromatic carbocycles. The molecule has 0 aliphatic rings. The second kappa shape index (κ2) is 3.41. The molecule has 1 heterocycles. The van der Waals surface area contributed by atoms with Crippen LogP contribution in [-0.2, 0) is 0 Å². The predicted octanol–water partition coefficient (Wildman–Crippen LogP) is 2.50. The summed E-state index contributed by atoms with van der Waals surface area (Å²) in [5.74, 6) is -1.09. The number of pyridine rings is 1. The van der Waals surface area contributed by atoms with Crippen LogP contribution in [0.25, 0.3) is 0 Å². The second-order valence-electron chi connectivity index (χ2n) is 2.22. The highest BCUT2D eigenvalue weighted by molar-refractivity contribution is 9.10. The van der Waals surface area contributed by atoms with Crippen LogP contribution in [0, 0.1) is 6.92 Å². The number of halogens is 2. The van der Waals surface area contributed by atoms with Gasteiger partial charge in [0.1, 0.15) is 0 Å². The van der Waals surface area contributed by atoms with Crippen molar-refractivity contribution in [3.05, 3.63) is 26.9 Å². The minimum absolute atomic E-state index is 0.0643. The van der Waals surface area contributed by atoms with Crippen molar-refractivity contribution in [2.45, 2.75) is 6.92 Å². The second-order valence-corrected chi connectivity index (χ2v) is 3.39. The van der Waals surface area contributed by atoms with Gasteiger partial charge in [0, 0.05) is 6.20 Å². The van der Waals surface area contributed by atoms with Gasteiger partial charge in [-0.3, -0.25) is 0 Å². The lowest BCUT2D eigenvalue weighted by Crippen LogP contribution is -2.02. The molecule has 1 N–H and O–H groups in total. The Bertz CT molecular complexity index is 340. The number of carbonyl (C=O) groups is 1. The molecule has 0 spiro atoms. The molecule has 1 aromatic rings. The highest BCUT2D eigenvalue weighted by Gasteiger charge is 2.13. The minimum atomic E-state index is -1.09. The molecule has 0 aliphatic carbocycles. The minimum Gasteiger partial charge on any atom is -0.476 e. The molecule has 1 rings (SSSR count). The molecule has 0 bridgehead atoms. The molecular weight excluding hydrogens is 245 g/mol. The molecule has 3 nitrogen and oxygen atoms in total. The molecule has 12 heavy (non-hydrogen) atoms. The zero-order valence-corrected chi connectivity index (χ0v) is 8.48. The molecule has 0 aliphatic heterocycles. The van der Waals surface area contributed by atoms with Crippen molar-refractivity contribution in [1.82, 2.24) is 4.98 Å². The van der Waals surface area contributed by atoms with E-state index in [-0.39, 0.29) is 5.69 Å². The Balaban J connectivity index is 3.36. The zero-order chi connectivity index (χ0) is 9.30. The van der Waals surface area contributed by atoms with Crippen LogP contribution in [0.15, 0.2) is 10.7 Å². The number of carboxylic acid groups (broad SMARTS) is 1. The first-order chi connectivity index (χ1) is 5.54. The molecular formula is C7H5BrClNO2. The van der Waals surface area contributed by atoms with Gasteiger partial charge in [-0.15, -0.1) is 0 Å². The number of aromatic carboxylic acids is 1. The van der Waals surface area contributed by atoms with Crippen molar-refractivity contribution >= 4 is 33.5 Å². The maximum atomic E-state index is 10.5. The van der Waals surface area contributed by atoms with Crippen LogP contribution in [0.3, 0.4) is 0 Å². The first kappa shape index (κ1) is 9.48. The van der Waals surface area contributed by atoms with Gasteiger partial charge in [-0.25, -0.2) is 9.78 Å². The summed E-state index contributed by atoms with van der Waals surface area (Å²) >= 11 is 8.83. The molecule has 0 radical (unpaired) electrons. The summed E-state index contributed by atoms with van der Waals surface area (Å²) < 4.78 is 0.330. The number of rotatable bonds is 1. The lowest BCUT2D eigenvalue weighted by molar-refractivity contribution is 0.0689. The van der Waals surface area contributed by atoms with Crippen molar-refractivity contribution in [2.24, 2.45) is 0 Å². The highest BCUT2D eigenvalue weighted by atomic mass is 79.9. The van der Waals surface area contributed by atoms with E-state index in [1.807, 2.05) is 0 Å². The first-order valence-electron chi connectivity index (χ1n) is 3.08. The molecule has 0 atom stereocenters. The standard InChI is InChI=1S/C7H5BrClNO2/c1-3-2-10-6(7(11)12)4(8)5(3)9/h2H,1H3,(H,11,12). The molecule has 0 amide bonds. The fraction of sp³-hybridized carbons (Fsp3) is 0.143. The lowest BCUT2D eigenvalue weighted by Gasteiger charge is -2.02. The fourth-order valence-corrected chi connectivity index (χ4v) is 1.42. The molecule has 0 saturated heterocycles. The van der Waals surface area contributed by atoms with E-state index in [1.165, 1.54) is 6.20 Å². The Hall–Kier alpha value is -0.610. The summed E-state index contributed by atoms with van der Waals surface area (Å²) in [6, 6.07) is 0. The average Bonchev–Trinajstić information content (AvgIpc) is 2.00. The van der Waals surface area contributed by atoms with E-state index in [4.69, 9.17) is 16.7 Å². The monoisotopic (exact) mass is 249 g/mol. The number of hydrogen-bond acceptors (Lipinski definition) is 2. The quantitative estimate of drug-likeness (QED) is 0.833. The van der Waals surface area contributed by atoms with E-state index in [1.54, 1.807) is 6.92 Å². The van der Waals surface area contributed by atoms with Crippen LogP contribution in [0.4, 0.5) is 0 Å². The summed E-state index contributed by atoms with van der Waals surface area (Å²) in [5, 5.41) is 9.02. The van der Waals surface area contributed by atoms with E-state index in [0.717, 1.165) is 5.56 Å². The van der Waals surface area contributed by atoms with Crippen LogP contribution >= 0.6 is 27.5 Å². The summed E-state index contributed by atoms with van der Waals surface area (Å²) in [7, 11) is 0. The van der Waals surface area contributed by atoms with Gasteiger partial charge in [0.25, 0.3) is 0 Å². The summed E-state index contributed by atoms with van der Waals surface area (Å²) in [6.07, 6.45) is 1.43. The van der Waals surface area contributed by atoms with E-state index in [2.05, 4.69) is 20.9 Å². The smallest absolute Gasteiger partial charge is 0.355 e. The van der Waals surface area contributed by atoms with Gasteiger partial charge in [0.15, 0.2) is 5.69 Å². The van der Waals surface area contributed by atoms with E-state index in [0.29, 0.717) is 9.50 Å². The maximum absolute atomic E-state index is 10.5. The van der Waals surface area contributed by atoms with Crippen LogP contribution in [0.2, 0.25) is 5.02 Å². The van der Waals surface area contributed by atoms with Gasteiger partial charge in [-0.2, -0.15) is 0 Å². The summed E-state index contributed by atoms with van der Waals surface area (Å²) in [6.45, 7) is 1.76. The number of carboxylic acids is 1. The fourth-order valence-electron chi connectivity index (χ4n) is 0.701. The maximum Gasteiger partial charge on any atom is 0.355 e. The van der Waals surface area contributed by atoms with Gasteiger partial charge in [0.2, 0.25) is 0 Å². The summed E-state index contributed by atoms with van der Waals surface area (Å²) in [5.41, 5.74) is 0.680. The third-order valence-electron chi connectivity index (χ3n) is 1.34. The summed E-state index contributed by atoms with van der Waals surface area (Å²) in [4.78, 5) is 14.2. The van der Waals surface area contributed by atoms with Crippen LogP contribution < -0.4 is 0 Å².